The first-order valence-corrected chi connectivity index (χ1v) is 10.1. The molecule has 0 bridgehead atoms. The summed E-state index contributed by atoms with van der Waals surface area (Å²) in [5.74, 6) is 0.724. The Morgan fingerprint density at radius 3 is 2.57 bits per heavy atom. The van der Waals surface area contributed by atoms with Crippen LogP contribution in [0.25, 0.3) is 10.8 Å². The van der Waals surface area contributed by atoms with E-state index in [1.54, 1.807) is 0 Å². The molecule has 0 spiro atoms. The van der Waals surface area contributed by atoms with E-state index in [1.165, 1.54) is 18.4 Å². The van der Waals surface area contributed by atoms with Crippen LogP contribution in [0.5, 0.6) is 0 Å². The van der Waals surface area contributed by atoms with Crippen LogP contribution in [-0.4, -0.2) is 35.2 Å². The number of nitrogens with zero attached hydrogens (tertiary/aromatic N) is 3. The molecular formula is C23H26N4O. The molecule has 1 aliphatic heterocycles. The number of hydrogen-bond acceptors (Lipinski definition) is 4. The fraction of sp³-hybridized carbons (Fsp3) is 0.348. The monoisotopic (exact) mass is 374 g/mol. The lowest BCUT2D eigenvalue weighted by atomic mass is 10.0. The molecule has 5 heteroatoms. The van der Waals surface area contributed by atoms with Crippen molar-refractivity contribution in [2.45, 2.75) is 38.6 Å². The molecule has 2 aromatic carbocycles. The fourth-order valence-electron chi connectivity index (χ4n) is 3.93. The predicted octanol–water partition coefficient (Wildman–Crippen LogP) is 3.98. The summed E-state index contributed by atoms with van der Waals surface area (Å²) in [5, 5.41) is 13.7. The van der Waals surface area contributed by atoms with Crippen molar-refractivity contribution >= 4 is 22.5 Å². The molecule has 1 aromatic heterocycles. The third kappa shape index (κ3) is 3.84. The molecule has 4 rings (SSSR count). The summed E-state index contributed by atoms with van der Waals surface area (Å²) in [5.41, 5.74) is 1.60. The average Bonchev–Trinajstić information content (AvgIpc) is 2.74. The Morgan fingerprint density at radius 2 is 1.79 bits per heavy atom. The highest BCUT2D eigenvalue weighted by molar-refractivity contribution is 6.07. The smallest absolute Gasteiger partial charge is 0.272 e. The summed E-state index contributed by atoms with van der Waals surface area (Å²) >= 11 is 0. The second-order valence-electron chi connectivity index (χ2n) is 7.45. The van der Waals surface area contributed by atoms with Gasteiger partial charge in [0.1, 0.15) is 0 Å². The molecule has 0 radical (unpaired) electrons. The molecule has 1 amide bonds. The number of fused-ring (bicyclic) bond motifs is 1. The lowest BCUT2D eigenvalue weighted by molar-refractivity contribution is 0.0950. The van der Waals surface area contributed by atoms with Crippen molar-refractivity contribution in [3.8, 4) is 0 Å². The standard InChI is InChI=1S/C23H26N4O/c1-17-9-7-8-16-27(17)22-20-13-6-5-12-19(20)21(25-26-22)23(28)24-15-14-18-10-3-2-4-11-18/h2-6,10-13,17H,7-9,14-16H2,1H3,(H,24,28)/t17-/m0/s1. The zero-order chi connectivity index (χ0) is 19.3. The second-order valence-corrected chi connectivity index (χ2v) is 7.45. The van der Waals surface area contributed by atoms with Crippen LogP contribution in [0, 0.1) is 0 Å². The first kappa shape index (κ1) is 18.4. The van der Waals surface area contributed by atoms with Crippen molar-refractivity contribution in [3.05, 3.63) is 65.9 Å². The van der Waals surface area contributed by atoms with E-state index in [4.69, 9.17) is 0 Å². The van der Waals surface area contributed by atoms with Crippen molar-refractivity contribution in [2.75, 3.05) is 18.0 Å². The van der Waals surface area contributed by atoms with Crippen LogP contribution < -0.4 is 10.2 Å². The Labute approximate surface area is 165 Å². The van der Waals surface area contributed by atoms with E-state index >= 15 is 0 Å². The SMILES string of the molecule is C[C@H]1CCCCN1c1nnc(C(=O)NCCc2ccccc2)c2ccccc12. The van der Waals surface area contributed by atoms with Gasteiger partial charge in [0.25, 0.3) is 5.91 Å². The first-order valence-electron chi connectivity index (χ1n) is 10.1. The van der Waals surface area contributed by atoms with Gasteiger partial charge in [-0.25, -0.2) is 0 Å². The van der Waals surface area contributed by atoms with Gasteiger partial charge in [0, 0.05) is 29.9 Å². The van der Waals surface area contributed by atoms with E-state index in [9.17, 15) is 4.79 Å². The Bertz CT molecular complexity index is 957. The molecule has 1 atom stereocenters. The minimum absolute atomic E-state index is 0.169. The highest BCUT2D eigenvalue weighted by Gasteiger charge is 2.24. The topological polar surface area (TPSA) is 58.1 Å². The lowest BCUT2D eigenvalue weighted by Crippen LogP contribution is -2.38. The Kier molecular flexibility index (Phi) is 5.51. The summed E-state index contributed by atoms with van der Waals surface area (Å²) < 4.78 is 0. The zero-order valence-corrected chi connectivity index (χ0v) is 16.3. The largest absolute Gasteiger partial charge is 0.352 e. The van der Waals surface area contributed by atoms with Crippen LogP contribution >= 0.6 is 0 Å². The van der Waals surface area contributed by atoms with Crippen molar-refractivity contribution < 1.29 is 4.79 Å². The number of aromatic nitrogens is 2. The number of hydrogen-bond donors (Lipinski definition) is 1. The molecule has 0 saturated carbocycles. The lowest BCUT2D eigenvalue weighted by Gasteiger charge is -2.34. The zero-order valence-electron chi connectivity index (χ0n) is 16.3. The van der Waals surface area contributed by atoms with Crippen LogP contribution in [0.3, 0.4) is 0 Å². The van der Waals surface area contributed by atoms with Gasteiger partial charge in [-0.3, -0.25) is 4.79 Å². The number of rotatable bonds is 5. The van der Waals surface area contributed by atoms with Gasteiger partial charge < -0.3 is 10.2 Å². The number of amides is 1. The molecule has 1 fully saturated rings. The van der Waals surface area contributed by atoms with Gasteiger partial charge in [0.15, 0.2) is 11.5 Å². The summed E-state index contributed by atoms with van der Waals surface area (Å²) in [6.45, 7) is 3.80. The van der Waals surface area contributed by atoms with E-state index in [1.807, 2.05) is 42.5 Å². The quantitative estimate of drug-likeness (QED) is 0.734. The number of carbonyl (C=O) groups is 1. The van der Waals surface area contributed by atoms with Gasteiger partial charge in [-0.1, -0.05) is 54.6 Å². The molecule has 144 valence electrons. The van der Waals surface area contributed by atoms with E-state index in [2.05, 4.69) is 39.5 Å². The first-order chi connectivity index (χ1) is 13.7. The van der Waals surface area contributed by atoms with Crippen LogP contribution in [0.2, 0.25) is 0 Å². The number of piperidine rings is 1. The molecule has 0 unspecified atom stereocenters. The number of carbonyl (C=O) groups excluding carboxylic acids is 1. The van der Waals surface area contributed by atoms with Gasteiger partial charge in [0.05, 0.1) is 0 Å². The highest BCUT2D eigenvalue weighted by atomic mass is 16.1. The minimum Gasteiger partial charge on any atom is -0.352 e. The summed E-state index contributed by atoms with van der Waals surface area (Å²) in [7, 11) is 0. The van der Waals surface area contributed by atoms with E-state index < -0.39 is 0 Å². The average molecular weight is 374 g/mol. The number of nitrogens with one attached hydrogen (secondary N) is 1. The number of benzene rings is 2. The van der Waals surface area contributed by atoms with E-state index in [0.717, 1.165) is 36.0 Å². The molecule has 3 aromatic rings. The molecule has 1 saturated heterocycles. The maximum absolute atomic E-state index is 12.8. The van der Waals surface area contributed by atoms with Crippen molar-refractivity contribution in [2.24, 2.45) is 0 Å². The third-order valence-corrected chi connectivity index (χ3v) is 5.50. The molecule has 1 aliphatic rings. The van der Waals surface area contributed by atoms with Crippen LogP contribution in [0.4, 0.5) is 5.82 Å². The van der Waals surface area contributed by atoms with Gasteiger partial charge in [-0.05, 0) is 38.2 Å². The normalized spacial score (nSPS) is 16.9. The Hall–Kier alpha value is -2.95. The predicted molar refractivity (Wildman–Crippen MR) is 113 cm³/mol. The van der Waals surface area contributed by atoms with Crippen LogP contribution in [-0.2, 0) is 6.42 Å². The second kappa shape index (κ2) is 8.38. The van der Waals surface area contributed by atoms with Crippen molar-refractivity contribution in [1.82, 2.24) is 15.5 Å². The minimum atomic E-state index is -0.169. The maximum Gasteiger partial charge on any atom is 0.272 e. The van der Waals surface area contributed by atoms with Gasteiger partial charge >= 0.3 is 0 Å². The molecule has 0 aliphatic carbocycles. The third-order valence-electron chi connectivity index (χ3n) is 5.50. The summed E-state index contributed by atoms with van der Waals surface area (Å²) in [4.78, 5) is 15.1. The Morgan fingerprint density at radius 1 is 1.04 bits per heavy atom. The maximum atomic E-state index is 12.8. The van der Waals surface area contributed by atoms with Gasteiger partial charge in [-0.2, -0.15) is 0 Å². The molecular weight excluding hydrogens is 348 g/mol. The summed E-state index contributed by atoms with van der Waals surface area (Å²) in [6, 6.07) is 18.5. The molecule has 1 N–H and O–H groups in total. The van der Waals surface area contributed by atoms with Crippen molar-refractivity contribution in [3.63, 3.8) is 0 Å². The van der Waals surface area contributed by atoms with Gasteiger partial charge in [-0.15, -0.1) is 10.2 Å². The Balaban J connectivity index is 1.56. The highest BCUT2D eigenvalue weighted by Crippen LogP contribution is 2.30. The molecule has 28 heavy (non-hydrogen) atoms. The number of anilines is 1. The van der Waals surface area contributed by atoms with E-state index in [0.29, 0.717) is 18.3 Å². The summed E-state index contributed by atoms with van der Waals surface area (Å²) in [6.07, 6.45) is 4.38. The van der Waals surface area contributed by atoms with Crippen LogP contribution in [0.15, 0.2) is 54.6 Å². The molecule has 5 nitrogen and oxygen atoms in total. The molecule has 2 heterocycles. The van der Waals surface area contributed by atoms with Gasteiger partial charge in [0.2, 0.25) is 0 Å². The van der Waals surface area contributed by atoms with E-state index in [-0.39, 0.29) is 5.91 Å². The van der Waals surface area contributed by atoms with Crippen molar-refractivity contribution in [1.29, 1.82) is 0 Å². The fourth-order valence-corrected chi connectivity index (χ4v) is 3.93. The van der Waals surface area contributed by atoms with Crippen LogP contribution in [0.1, 0.15) is 42.2 Å².